The van der Waals surface area contributed by atoms with Gasteiger partial charge in [0.2, 0.25) is 17.7 Å². The van der Waals surface area contributed by atoms with E-state index in [1.165, 1.54) is 0 Å². The van der Waals surface area contributed by atoms with E-state index in [9.17, 15) is 0 Å². The van der Waals surface area contributed by atoms with Crippen molar-refractivity contribution >= 4 is 0 Å². The third kappa shape index (κ3) is 9.56. The highest BCUT2D eigenvalue weighted by atomic mass is 16.5. The van der Waals surface area contributed by atoms with Crippen molar-refractivity contribution in [2.75, 3.05) is 0 Å². The summed E-state index contributed by atoms with van der Waals surface area (Å²) in [6.45, 7) is 25.0. The van der Waals surface area contributed by atoms with Crippen molar-refractivity contribution in [3.63, 3.8) is 0 Å². The van der Waals surface area contributed by atoms with Crippen molar-refractivity contribution in [2.45, 2.75) is 113 Å². The van der Waals surface area contributed by atoms with Crippen molar-refractivity contribution in [3.05, 3.63) is 35.3 Å². The first kappa shape index (κ1) is 28.7. The van der Waals surface area contributed by atoms with E-state index in [0.29, 0.717) is 41.5 Å². The van der Waals surface area contributed by atoms with Crippen LogP contribution in [0.1, 0.15) is 130 Å². The van der Waals surface area contributed by atoms with E-state index in [4.69, 9.17) is 8.94 Å². The van der Waals surface area contributed by atoms with E-state index in [1.807, 2.05) is 41.5 Å². The van der Waals surface area contributed by atoms with E-state index in [1.54, 1.807) is 0 Å². The molecule has 0 aliphatic carbocycles. The molecule has 3 rings (SSSR count). The van der Waals surface area contributed by atoms with E-state index in [2.05, 4.69) is 78.2 Å². The first-order chi connectivity index (χ1) is 15.3. The van der Waals surface area contributed by atoms with Gasteiger partial charge in [-0.05, 0) is 17.9 Å². The predicted octanol–water partition coefficient (Wildman–Crippen LogP) is 7.65. The molecule has 33 heavy (non-hydrogen) atoms. The van der Waals surface area contributed by atoms with Crippen molar-refractivity contribution in [3.8, 4) is 0 Å². The van der Waals surface area contributed by atoms with E-state index in [0.717, 1.165) is 29.2 Å². The second-order valence-electron chi connectivity index (χ2n) is 10.3. The number of azo groups is 1. The number of rotatable bonds is 6. The zero-order valence-corrected chi connectivity index (χ0v) is 22.6. The molecule has 1 atom stereocenters. The summed E-state index contributed by atoms with van der Waals surface area (Å²) in [4.78, 5) is 4.23. The minimum Gasteiger partial charge on any atom is -0.425 e. The van der Waals surface area contributed by atoms with Gasteiger partial charge < -0.3 is 8.94 Å². The molecule has 0 radical (unpaired) electrons. The smallest absolute Gasteiger partial charge is 0.229 e. The summed E-state index contributed by atoms with van der Waals surface area (Å²) in [5.74, 6) is 5.42. The lowest BCUT2D eigenvalue weighted by atomic mass is 10.0. The lowest BCUT2D eigenvalue weighted by molar-refractivity contribution is 0.359. The van der Waals surface area contributed by atoms with Gasteiger partial charge in [0.1, 0.15) is 0 Å². The van der Waals surface area contributed by atoms with Crippen LogP contribution in [0.3, 0.4) is 0 Å². The van der Waals surface area contributed by atoms with E-state index in [-0.39, 0.29) is 0 Å². The van der Waals surface area contributed by atoms with E-state index >= 15 is 0 Å². The molecule has 0 aromatic carbocycles. The molecule has 0 spiro atoms. The first-order valence-corrected chi connectivity index (χ1v) is 12.1. The van der Waals surface area contributed by atoms with Crippen LogP contribution in [0, 0.1) is 11.8 Å². The van der Waals surface area contributed by atoms with Crippen LogP contribution in [-0.4, -0.2) is 26.4 Å². The normalized spacial score (nSPS) is 15.5. The van der Waals surface area contributed by atoms with Crippen LogP contribution in [0.4, 0.5) is 0 Å². The fourth-order valence-corrected chi connectivity index (χ4v) is 2.44. The maximum Gasteiger partial charge on any atom is 0.229 e. The molecule has 8 heteroatoms. The zero-order valence-electron chi connectivity index (χ0n) is 22.6. The number of hydrogen-bond donors (Lipinski definition) is 0. The van der Waals surface area contributed by atoms with Crippen LogP contribution in [-0.2, 0) is 0 Å². The lowest BCUT2D eigenvalue weighted by Gasteiger charge is -2.05. The van der Waals surface area contributed by atoms with Gasteiger partial charge in [-0.2, -0.15) is 15.2 Å². The van der Waals surface area contributed by atoms with Crippen molar-refractivity contribution in [1.29, 1.82) is 0 Å². The number of aromatic nitrogens is 4. The maximum atomic E-state index is 5.38. The summed E-state index contributed by atoms with van der Waals surface area (Å²) in [7, 11) is 0. The Morgan fingerprint density at radius 3 is 1.42 bits per heavy atom. The topological polar surface area (TPSA) is 103 Å². The van der Waals surface area contributed by atoms with Gasteiger partial charge in [-0.15, -0.1) is 10.2 Å². The van der Waals surface area contributed by atoms with Crippen molar-refractivity contribution in [2.24, 2.45) is 22.1 Å². The van der Waals surface area contributed by atoms with Crippen LogP contribution in [0.5, 0.6) is 0 Å². The summed E-state index contributed by atoms with van der Waals surface area (Å²) < 4.78 is 10.4. The molecule has 1 unspecified atom stereocenters. The monoisotopic (exact) mass is 460 g/mol. The minimum absolute atomic E-state index is 0.326. The molecule has 0 saturated carbocycles. The van der Waals surface area contributed by atoms with Gasteiger partial charge in [-0.25, -0.2) is 0 Å². The highest BCUT2D eigenvalue weighted by Gasteiger charge is 2.17. The lowest BCUT2D eigenvalue weighted by Crippen LogP contribution is -2.06. The quantitative estimate of drug-likeness (QED) is 0.438. The van der Waals surface area contributed by atoms with Crippen LogP contribution in [0.25, 0.3) is 0 Å². The average Bonchev–Trinajstić information content (AvgIpc) is 3.49. The summed E-state index contributed by atoms with van der Waals surface area (Å²) in [6.07, 6.45) is 2.18. The van der Waals surface area contributed by atoms with Crippen LogP contribution < -0.4 is 0 Å². The van der Waals surface area contributed by atoms with Gasteiger partial charge >= 0.3 is 0 Å². The SMILES string of the molecule is CC(C)C1=CC(C(C)C)N=N1.CC(C)c1nnc(C(C)C)o1.CC(C)c1noc(C(C)C)n1. The minimum atomic E-state index is 0.326. The highest BCUT2D eigenvalue weighted by Crippen LogP contribution is 2.23. The first-order valence-electron chi connectivity index (χ1n) is 12.1. The Bertz CT molecular complexity index is 780. The summed E-state index contributed by atoms with van der Waals surface area (Å²) in [6, 6.07) is 0.326. The van der Waals surface area contributed by atoms with Crippen molar-refractivity contribution < 1.29 is 8.94 Å². The molecule has 0 fully saturated rings. The number of hydrogen-bond acceptors (Lipinski definition) is 8. The van der Waals surface area contributed by atoms with E-state index < -0.39 is 0 Å². The molecule has 8 nitrogen and oxygen atoms in total. The average molecular weight is 461 g/mol. The molecule has 0 amide bonds. The molecule has 3 heterocycles. The molecule has 0 saturated heterocycles. The Balaban J connectivity index is 0.000000247. The van der Waals surface area contributed by atoms with Crippen LogP contribution >= 0.6 is 0 Å². The summed E-state index contributed by atoms with van der Waals surface area (Å²) >= 11 is 0. The van der Waals surface area contributed by atoms with Gasteiger partial charge in [0.25, 0.3) is 0 Å². The maximum absolute atomic E-state index is 5.38. The molecule has 0 bridgehead atoms. The summed E-state index contributed by atoms with van der Waals surface area (Å²) in [5.41, 5.74) is 1.14. The highest BCUT2D eigenvalue weighted by molar-refractivity contribution is 5.12. The van der Waals surface area contributed by atoms with Gasteiger partial charge in [0, 0.05) is 23.7 Å². The van der Waals surface area contributed by atoms with Crippen molar-refractivity contribution in [1.82, 2.24) is 20.3 Å². The molecule has 2 aromatic rings. The Labute approximate surface area is 199 Å². The third-order valence-electron chi connectivity index (χ3n) is 4.83. The number of nitrogens with zero attached hydrogens (tertiary/aromatic N) is 6. The molecular formula is C25H44N6O2. The van der Waals surface area contributed by atoms with Crippen LogP contribution in [0.15, 0.2) is 30.9 Å². The Morgan fingerprint density at radius 1 is 0.667 bits per heavy atom. The van der Waals surface area contributed by atoms with Gasteiger partial charge in [-0.3, -0.25) is 0 Å². The van der Waals surface area contributed by atoms with Gasteiger partial charge in [0.05, 0.1) is 11.7 Å². The fraction of sp³-hybridized carbons (Fsp3) is 0.760. The fourth-order valence-electron chi connectivity index (χ4n) is 2.44. The Kier molecular flexibility index (Phi) is 11.6. The molecule has 186 valence electrons. The molecule has 2 aromatic heterocycles. The molecular weight excluding hydrogens is 416 g/mol. The molecule has 1 aliphatic rings. The second kappa shape index (κ2) is 13.4. The molecule has 0 N–H and O–H groups in total. The number of allylic oxidation sites excluding steroid dienone is 1. The standard InChI is InChI=1S/C9H16N2.2C8H14N2O/c1-6(2)8-5-9(7(3)4)11-10-8;1-5(2)7-9-10-8(11-7)6(3)4;1-5(2)7-9-8(6(3)4)11-10-7/h5-8H,1-4H3;2*5-6H,1-4H3. The predicted molar refractivity (Wildman–Crippen MR) is 131 cm³/mol. The Hall–Kier alpha value is -2.38. The summed E-state index contributed by atoms with van der Waals surface area (Å²) in [5, 5.41) is 20.0. The largest absolute Gasteiger partial charge is 0.425 e. The van der Waals surface area contributed by atoms with Gasteiger partial charge in [-0.1, -0.05) is 88.2 Å². The zero-order chi connectivity index (χ0) is 25.3. The second-order valence-corrected chi connectivity index (χ2v) is 10.3. The third-order valence-corrected chi connectivity index (χ3v) is 4.83. The van der Waals surface area contributed by atoms with Crippen LogP contribution in [0.2, 0.25) is 0 Å². The Morgan fingerprint density at radius 2 is 1.18 bits per heavy atom. The van der Waals surface area contributed by atoms with Gasteiger partial charge in [0.15, 0.2) is 5.82 Å². The molecule has 1 aliphatic heterocycles.